The minimum atomic E-state index is -0.761. The van der Waals surface area contributed by atoms with Crippen LogP contribution in [0.1, 0.15) is 25.7 Å². The van der Waals surface area contributed by atoms with Crippen LogP contribution in [-0.2, 0) is 23.9 Å². The summed E-state index contributed by atoms with van der Waals surface area (Å²) in [6, 6.07) is 7.19. The SMILES string of the molecule is O=C(COC(=O)CN1C(=O)[C@H]2CCCC[C@H]2C1=O)Nc1cccc(I)c1. The first-order valence-corrected chi connectivity index (χ1v) is 9.60. The Morgan fingerprint density at radius 3 is 2.42 bits per heavy atom. The lowest BCUT2D eigenvalue weighted by Gasteiger charge is -2.19. The number of carbonyl (C=O) groups excluding carboxylic acids is 4. The summed E-state index contributed by atoms with van der Waals surface area (Å²) < 4.78 is 5.88. The Hall–Kier alpha value is -1.97. The average Bonchev–Trinajstić information content (AvgIpc) is 2.85. The van der Waals surface area contributed by atoms with Gasteiger partial charge in [-0.15, -0.1) is 0 Å². The van der Waals surface area contributed by atoms with Gasteiger partial charge in [0.05, 0.1) is 11.8 Å². The van der Waals surface area contributed by atoms with Gasteiger partial charge in [0, 0.05) is 9.26 Å². The molecule has 2 atom stereocenters. The Morgan fingerprint density at radius 2 is 1.81 bits per heavy atom. The second kappa shape index (κ2) is 8.15. The zero-order valence-corrected chi connectivity index (χ0v) is 16.2. The number of hydrogen-bond donors (Lipinski definition) is 1. The molecule has 0 spiro atoms. The zero-order chi connectivity index (χ0) is 18.7. The van der Waals surface area contributed by atoms with Gasteiger partial charge in [-0.3, -0.25) is 24.1 Å². The van der Waals surface area contributed by atoms with Gasteiger partial charge in [0.25, 0.3) is 5.91 Å². The van der Waals surface area contributed by atoms with Crippen LogP contribution >= 0.6 is 22.6 Å². The Labute approximate surface area is 164 Å². The molecule has 1 aliphatic carbocycles. The van der Waals surface area contributed by atoms with Crippen LogP contribution in [0.2, 0.25) is 0 Å². The van der Waals surface area contributed by atoms with Crippen molar-refractivity contribution in [3.63, 3.8) is 0 Å². The lowest BCUT2D eigenvalue weighted by atomic mass is 9.81. The van der Waals surface area contributed by atoms with Gasteiger partial charge in [0.15, 0.2) is 6.61 Å². The molecule has 7 nitrogen and oxygen atoms in total. The van der Waals surface area contributed by atoms with E-state index in [1.54, 1.807) is 18.2 Å². The fourth-order valence-corrected chi connectivity index (χ4v) is 4.01. The standard InChI is InChI=1S/C18H19IN2O5/c19-11-4-3-5-12(8-11)20-15(22)10-26-16(23)9-21-17(24)13-6-1-2-7-14(13)18(21)25/h3-5,8,13-14H,1-2,6-7,9-10H2,(H,20,22)/t13-,14+. The normalized spacial score (nSPS) is 22.1. The van der Waals surface area contributed by atoms with Crippen LogP contribution in [0.15, 0.2) is 24.3 Å². The van der Waals surface area contributed by atoms with Gasteiger partial charge in [-0.1, -0.05) is 18.9 Å². The second-order valence-electron chi connectivity index (χ2n) is 6.48. The third-order valence-corrected chi connectivity index (χ3v) is 5.36. The van der Waals surface area contributed by atoms with Gasteiger partial charge >= 0.3 is 5.97 Å². The molecule has 1 saturated carbocycles. The highest BCUT2D eigenvalue weighted by molar-refractivity contribution is 14.1. The molecule has 1 aromatic carbocycles. The molecule has 0 bridgehead atoms. The molecular formula is C18H19IN2O5. The van der Waals surface area contributed by atoms with Crippen LogP contribution in [-0.4, -0.2) is 41.7 Å². The van der Waals surface area contributed by atoms with Crippen molar-refractivity contribution in [3.05, 3.63) is 27.8 Å². The monoisotopic (exact) mass is 470 g/mol. The number of nitrogens with one attached hydrogen (secondary N) is 1. The van der Waals surface area contributed by atoms with Crippen molar-refractivity contribution in [1.82, 2.24) is 4.90 Å². The van der Waals surface area contributed by atoms with E-state index in [9.17, 15) is 19.2 Å². The number of halogens is 1. The number of rotatable bonds is 5. The zero-order valence-electron chi connectivity index (χ0n) is 14.1. The summed E-state index contributed by atoms with van der Waals surface area (Å²) in [4.78, 5) is 49.4. The largest absolute Gasteiger partial charge is 0.454 e. The van der Waals surface area contributed by atoms with Gasteiger partial charge in [-0.05, 0) is 53.6 Å². The number of hydrogen-bond acceptors (Lipinski definition) is 5. The predicted molar refractivity (Wildman–Crippen MR) is 101 cm³/mol. The Bertz CT molecular complexity index is 727. The summed E-state index contributed by atoms with van der Waals surface area (Å²) in [5.74, 6) is -2.42. The van der Waals surface area contributed by atoms with Gasteiger partial charge < -0.3 is 10.1 Å². The Balaban J connectivity index is 1.49. The lowest BCUT2D eigenvalue weighted by molar-refractivity contribution is -0.154. The van der Waals surface area contributed by atoms with Crippen molar-refractivity contribution in [1.29, 1.82) is 0 Å². The second-order valence-corrected chi connectivity index (χ2v) is 7.72. The van der Waals surface area contributed by atoms with E-state index in [2.05, 4.69) is 27.9 Å². The maximum Gasteiger partial charge on any atom is 0.326 e. The van der Waals surface area contributed by atoms with Crippen LogP contribution in [0.4, 0.5) is 5.69 Å². The van der Waals surface area contributed by atoms with Gasteiger partial charge in [0.2, 0.25) is 11.8 Å². The van der Waals surface area contributed by atoms with E-state index in [0.29, 0.717) is 18.5 Å². The molecule has 138 valence electrons. The molecule has 0 radical (unpaired) electrons. The highest BCUT2D eigenvalue weighted by Gasteiger charge is 2.48. The number of fused-ring (bicyclic) bond motifs is 1. The minimum absolute atomic E-state index is 0.292. The van der Waals surface area contributed by atoms with E-state index < -0.39 is 25.0 Å². The molecule has 1 heterocycles. The summed E-state index contributed by atoms with van der Waals surface area (Å²) in [6.07, 6.45) is 3.24. The number of imide groups is 1. The first-order chi connectivity index (χ1) is 12.5. The van der Waals surface area contributed by atoms with Crippen molar-refractivity contribution < 1.29 is 23.9 Å². The van der Waals surface area contributed by atoms with Crippen LogP contribution in [0.3, 0.4) is 0 Å². The highest BCUT2D eigenvalue weighted by Crippen LogP contribution is 2.37. The molecule has 3 rings (SSSR count). The number of nitrogens with zero attached hydrogens (tertiary/aromatic N) is 1. The van der Waals surface area contributed by atoms with Crippen LogP contribution in [0.5, 0.6) is 0 Å². The van der Waals surface area contributed by atoms with E-state index in [1.165, 1.54) is 0 Å². The fraction of sp³-hybridized carbons (Fsp3) is 0.444. The molecule has 0 aromatic heterocycles. The summed E-state index contributed by atoms with van der Waals surface area (Å²) >= 11 is 2.12. The lowest BCUT2D eigenvalue weighted by Crippen LogP contribution is -2.37. The highest BCUT2D eigenvalue weighted by atomic mass is 127. The number of amides is 3. The van der Waals surface area contributed by atoms with Crippen molar-refractivity contribution >= 4 is 52.0 Å². The molecule has 1 aliphatic heterocycles. The predicted octanol–water partition coefficient (Wildman–Crippen LogP) is 1.95. The average molecular weight is 470 g/mol. The fourth-order valence-electron chi connectivity index (χ4n) is 3.47. The minimum Gasteiger partial charge on any atom is -0.454 e. The number of carbonyl (C=O) groups is 4. The maximum absolute atomic E-state index is 12.3. The third kappa shape index (κ3) is 4.22. The van der Waals surface area contributed by atoms with Crippen molar-refractivity contribution in [2.75, 3.05) is 18.5 Å². The van der Waals surface area contributed by atoms with E-state index in [0.717, 1.165) is 21.3 Å². The van der Waals surface area contributed by atoms with Gasteiger partial charge in [0.1, 0.15) is 6.54 Å². The Morgan fingerprint density at radius 1 is 1.15 bits per heavy atom. The molecule has 1 aromatic rings. The molecule has 8 heteroatoms. The molecular weight excluding hydrogens is 451 g/mol. The van der Waals surface area contributed by atoms with Crippen molar-refractivity contribution in [2.24, 2.45) is 11.8 Å². The molecule has 26 heavy (non-hydrogen) atoms. The first-order valence-electron chi connectivity index (χ1n) is 8.52. The Kier molecular flexibility index (Phi) is 5.90. The van der Waals surface area contributed by atoms with Crippen molar-refractivity contribution in [3.8, 4) is 0 Å². The molecule has 0 unspecified atom stereocenters. The topological polar surface area (TPSA) is 92.8 Å². The summed E-state index contributed by atoms with van der Waals surface area (Å²) in [7, 11) is 0. The molecule has 2 aliphatic rings. The molecule has 3 amide bonds. The summed E-state index contributed by atoms with van der Waals surface area (Å²) in [6.45, 7) is -0.894. The number of anilines is 1. The van der Waals surface area contributed by atoms with E-state index in [4.69, 9.17) is 4.74 Å². The smallest absolute Gasteiger partial charge is 0.326 e. The molecule has 2 fully saturated rings. The van der Waals surface area contributed by atoms with Gasteiger partial charge in [-0.25, -0.2) is 0 Å². The van der Waals surface area contributed by atoms with Crippen LogP contribution < -0.4 is 5.32 Å². The third-order valence-electron chi connectivity index (χ3n) is 4.69. The van der Waals surface area contributed by atoms with Crippen LogP contribution in [0.25, 0.3) is 0 Å². The number of benzene rings is 1. The van der Waals surface area contributed by atoms with Crippen molar-refractivity contribution in [2.45, 2.75) is 25.7 Å². The first kappa shape index (κ1) is 18.8. The van der Waals surface area contributed by atoms with Gasteiger partial charge in [-0.2, -0.15) is 0 Å². The number of ether oxygens (including phenoxy) is 1. The number of esters is 1. The molecule has 1 N–H and O–H groups in total. The quantitative estimate of drug-likeness (QED) is 0.404. The summed E-state index contributed by atoms with van der Waals surface area (Å²) in [5.41, 5.74) is 0.604. The maximum atomic E-state index is 12.3. The van der Waals surface area contributed by atoms with E-state index >= 15 is 0 Å². The summed E-state index contributed by atoms with van der Waals surface area (Å²) in [5, 5.41) is 2.62. The van der Waals surface area contributed by atoms with E-state index in [1.807, 2.05) is 6.07 Å². The number of likely N-dealkylation sites (tertiary alicyclic amines) is 1. The van der Waals surface area contributed by atoms with Crippen LogP contribution in [0, 0.1) is 15.4 Å². The van der Waals surface area contributed by atoms with E-state index in [-0.39, 0.29) is 23.7 Å². The molecule has 1 saturated heterocycles.